The zero-order valence-corrected chi connectivity index (χ0v) is 14.7. The van der Waals surface area contributed by atoms with E-state index in [4.69, 9.17) is 14.0 Å². The first-order chi connectivity index (χ1) is 10.4. The summed E-state index contributed by atoms with van der Waals surface area (Å²) in [5, 5.41) is 0. The molecule has 0 bridgehead atoms. The van der Waals surface area contributed by atoms with E-state index in [2.05, 4.69) is 33.8 Å². The maximum absolute atomic E-state index is 6.25. The fourth-order valence-corrected chi connectivity index (χ4v) is 3.83. The average Bonchev–Trinajstić information content (AvgIpc) is 2.66. The Balaban J connectivity index is 1.69. The lowest BCUT2D eigenvalue weighted by molar-refractivity contribution is 0.00578. The maximum atomic E-state index is 6.25. The van der Waals surface area contributed by atoms with Gasteiger partial charge in [0.25, 0.3) is 0 Å². The molecule has 0 spiro atoms. The SMILES string of the molecule is CC1(C)OB(C2=CCCOC(C3CCCCC3)C2)OC1(C)C. The quantitative estimate of drug-likeness (QED) is 0.712. The Hall–Kier alpha value is -0.315. The topological polar surface area (TPSA) is 27.7 Å². The van der Waals surface area contributed by atoms with Crippen molar-refractivity contribution in [3.63, 3.8) is 0 Å². The van der Waals surface area contributed by atoms with Crippen LogP contribution in [-0.4, -0.2) is 31.0 Å². The zero-order valence-electron chi connectivity index (χ0n) is 14.7. The number of hydrogen-bond donors (Lipinski definition) is 0. The number of rotatable bonds is 2. The Morgan fingerprint density at radius 2 is 1.64 bits per heavy atom. The van der Waals surface area contributed by atoms with Crippen molar-refractivity contribution in [2.45, 2.75) is 89.9 Å². The van der Waals surface area contributed by atoms with Crippen LogP contribution in [0.4, 0.5) is 0 Å². The van der Waals surface area contributed by atoms with Gasteiger partial charge in [0.1, 0.15) is 0 Å². The minimum atomic E-state index is -0.258. The van der Waals surface area contributed by atoms with Gasteiger partial charge in [0.2, 0.25) is 0 Å². The summed E-state index contributed by atoms with van der Waals surface area (Å²) in [5.74, 6) is 0.720. The molecule has 3 rings (SSSR count). The van der Waals surface area contributed by atoms with Gasteiger partial charge in [0.05, 0.1) is 23.9 Å². The molecule has 1 unspecified atom stereocenters. The van der Waals surface area contributed by atoms with E-state index in [9.17, 15) is 0 Å². The first-order valence-corrected chi connectivity index (χ1v) is 9.05. The first-order valence-electron chi connectivity index (χ1n) is 9.05. The molecule has 0 aromatic carbocycles. The molecule has 3 nitrogen and oxygen atoms in total. The summed E-state index contributed by atoms with van der Waals surface area (Å²) in [4.78, 5) is 0. The summed E-state index contributed by atoms with van der Waals surface area (Å²) < 4.78 is 18.7. The van der Waals surface area contributed by atoms with Crippen molar-refractivity contribution in [2.24, 2.45) is 5.92 Å². The fraction of sp³-hybridized carbons (Fsp3) is 0.889. The van der Waals surface area contributed by atoms with Crippen molar-refractivity contribution in [1.29, 1.82) is 0 Å². The molecule has 0 radical (unpaired) electrons. The molecule has 22 heavy (non-hydrogen) atoms. The third-order valence-electron chi connectivity index (χ3n) is 6.02. The second kappa shape index (κ2) is 6.29. The largest absolute Gasteiger partial charge is 0.490 e. The molecule has 1 saturated heterocycles. The first kappa shape index (κ1) is 16.5. The number of hydrogen-bond acceptors (Lipinski definition) is 3. The second-order valence-electron chi connectivity index (χ2n) is 8.17. The summed E-state index contributed by atoms with van der Waals surface area (Å²) in [7, 11) is -0.196. The van der Waals surface area contributed by atoms with Gasteiger partial charge in [0, 0.05) is 0 Å². The van der Waals surface area contributed by atoms with Gasteiger partial charge < -0.3 is 14.0 Å². The molecule has 2 aliphatic heterocycles. The van der Waals surface area contributed by atoms with Crippen LogP contribution in [0.5, 0.6) is 0 Å². The van der Waals surface area contributed by atoms with Gasteiger partial charge in [-0.05, 0) is 64.8 Å². The van der Waals surface area contributed by atoms with E-state index in [0.717, 1.165) is 25.4 Å². The van der Waals surface area contributed by atoms with Crippen molar-refractivity contribution in [3.8, 4) is 0 Å². The molecular formula is C18H31BO3. The monoisotopic (exact) mass is 306 g/mol. The van der Waals surface area contributed by atoms with Gasteiger partial charge in [-0.3, -0.25) is 0 Å². The molecular weight excluding hydrogens is 275 g/mol. The average molecular weight is 306 g/mol. The summed E-state index contributed by atoms with van der Waals surface area (Å²) in [6.45, 7) is 9.34. The van der Waals surface area contributed by atoms with E-state index >= 15 is 0 Å². The number of ether oxygens (including phenoxy) is 1. The molecule has 2 heterocycles. The van der Waals surface area contributed by atoms with Gasteiger partial charge >= 0.3 is 7.12 Å². The second-order valence-corrected chi connectivity index (χ2v) is 8.17. The highest BCUT2D eigenvalue weighted by molar-refractivity contribution is 6.54. The van der Waals surface area contributed by atoms with E-state index in [0.29, 0.717) is 6.10 Å². The van der Waals surface area contributed by atoms with Crippen LogP contribution in [0.3, 0.4) is 0 Å². The smallest absolute Gasteiger partial charge is 0.400 e. The lowest BCUT2D eigenvalue weighted by atomic mass is 9.72. The van der Waals surface area contributed by atoms with Crippen LogP contribution in [0.1, 0.15) is 72.6 Å². The Kier molecular flexibility index (Phi) is 4.73. The lowest BCUT2D eigenvalue weighted by Gasteiger charge is -2.32. The zero-order chi connectivity index (χ0) is 15.8. The van der Waals surface area contributed by atoms with Gasteiger partial charge in [-0.25, -0.2) is 0 Å². The Bertz CT molecular complexity index is 408. The molecule has 0 N–H and O–H groups in total. The Morgan fingerprint density at radius 3 is 2.27 bits per heavy atom. The standard InChI is InChI=1S/C18H31BO3/c1-17(2)18(3,4)22-19(21-17)15-11-8-12-20-16(13-15)14-9-6-5-7-10-14/h11,14,16H,5-10,12-13H2,1-4H3. The summed E-state index contributed by atoms with van der Waals surface area (Å²) in [6, 6.07) is 0. The van der Waals surface area contributed by atoms with Crippen LogP contribution >= 0.6 is 0 Å². The van der Waals surface area contributed by atoms with E-state index in [1.165, 1.54) is 37.6 Å². The van der Waals surface area contributed by atoms with Gasteiger partial charge in [-0.15, -0.1) is 0 Å². The molecule has 4 heteroatoms. The molecule has 0 amide bonds. The van der Waals surface area contributed by atoms with E-state index < -0.39 is 0 Å². The molecule has 0 aromatic heterocycles. The molecule has 2 fully saturated rings. The third kappa shape index (κ3) is 3.29. The van der Waals surface area contributed by atoms with Crippen molar-refractivity contribution in [2.75, 3.05) is 6.61 Å². The third-order valence-corrected chi connectivity index (χ3v) is 6.02. The van der Waals surface area contributed by atoms with Crippen LogP contribution in [0.25, 0.3) is 0 Å². The molecule has 1 atom stereocenters. The van der Waals surface area contributed by atoms with Crippen molar-refractivity contribution >= 4 is 7.12 Å². The van der Waals surface area contributed by atoms with Gasteiger partial charge in [0.15, 0.2) is 0 Å². The van der Waals surface area contributed by atoms with Crippen molar-refractivity contribution in [3.05, 3.63) is 11.5 Å². The van der Waals surface area contributed by atoms with Crippen molar-refractivity contribution in [1.82, 2.24) is 0 Å². The molecule has 1 aliphatic carbocycles. The van der Waals surface area contributed by atoms with E-state index in [1.807, 2.05) is 0 Å². The van der Waals surface area contributed by atoms with Crippen LogP contribution in [0, 0.1) is 5.92 Å². The molecule has 124 valence electrons. The van der Waals surface area contributed by atoms with Crippen molar-refractivity contribution < 1.29 is 14.0 Å². The molecule has 0 aromatic rings. The molecule has 1 saturated carbocycles. The van der Waals surface area contributed by atoms with E-state index in [-0.39, 0.29) is 18.3 Å². The summed E-state index contributed by atoms with van der Waals surface area (Å²) >= 11 is 0. The predicted octanol–water partition coefficient (Wildman–Crippen LogP) is 4.30. The van der Waals surface area contributed by atoms with Crippen LogP contribution in [-0.2, 0) is 14.0 Å². The van der Waals surface area contributed by atoms with Crippen LogP contribution in [0.15, 0.2) is 11.5 Å². The van der Waals surface area contributed by atoms with E-state index in [1.54, 1.807) is 0 Å². The molecule has 3 aliphatic rings. The van der Waals surface area contributed by atoms with Crippen LogP contribution in [0.2, 0.25) is 0 Å². The maximum Gasteiger partial charge on any atom is 0.490 e. The Morgan fingerprint density at radius 1 is 1.00 bits per heavy atom. The fourth-order valence-electron chi connectivity index (χ4n) is 3.83. The van der Waals surface area contributed by atoms with Gasteiger partial charge in [-0.1, -0.05) is 25.3 Å². The minimum Gasteiger partial charge on any atom is -0.400 e. The normalized spacial score (nSPS) is 32.6. The lowest BCUT2D eigenvalue weighted by Crippen LogP contribution is -2.41. The minimum absolute atomic E-state index is 0.196. The van der Waals surface area contributed by atoms with Crippen LogP contribution < -0.4 is 0 Å². The summed E-state index contributed by atoms with van der Waals surface area (Å²) in [6.07, 6.45) is 11.4. The van der Waals surface area contributed by atoms with Gasteiger partial charge in [-0.2, -0.15) is 0 Å². The highest BCUT2D eigenvalue weighted by Crippen LogP contribution is 2.41. The summed E-state index contributed by atoms with van der Waals surface area (Å²) in [5.41, 5.74) is 0.782. The highest BCUT2D eigenvalue weighted by Gasteiger charge is 2.52. The predicted molar refractivity (Wildman–Crippen MR) is 89.7 cm³/mol. The highest BCUT2D eigenvalue weighted by atomic mass is 16.7. The Labute approximate surface area is 135 Å².